The van der Waals surface area contributed by atoms with E-state index in [2.05, 4.69) is 29.0 Å². The number of aryl methyl sites for hydroxylation is 1. The molecule has 1 heterocycles. The summed E-state index contributed by atoms with van der Waals surface area (Å²) in [4.78, 5) is 4.39. The first-order valence-electron chi connectivity index (χ1n) is 5.33. The second-order valence-electron chi connectivity index (χ2n) is 3.93. The number of rotatable bonds is 6. The van der Waals surface area contributed by atoms with Crippen LogP contribution in [0.15, 0.2) is 0 Å². The van der Waals surface area contributed by atoms with Gasteiger partial charge >= 0.3 is 0 Å². The number of nitrogens with zero attached hydrogens (tertiary/aromatic N) is 2. The molecule has 1 aromatic rings. The highest BCUT2D eigenvalue weighted by molar-refractivity contribution is 4.95. The zero-order chi connectivity index (χ0) is 11.3. The minimum Gasteiger partial charge on any atom is -0.373 e. The number of hydrogen-bond acceptors (Lipinski definition) is 4. The van der Waals surface area contributed by atoms with Crippen molar-refractivity contribution in [3.05, 3.63) is 11.6 Å². The first kappa shape index (κ1) is 12.1. The fraction of sp³-hybridized carbons (Fsp3) is 0.800. The molecule has 5 heteroatoms. The quantitative estimate of drug-likeness (QED) is 0.738. The second-order valence-corrected chi connectivity index (χ2v) is 3.93. The second kappa shape index (κ2) is 5.82. The van der Waals surface area contributed by atoms with Crippen LogP contribution in [0.3, 0.4) is 0 Å². The molecule has 0 radical (unpaired) electrons. The number of ether oxygens (including phenoxy) is 1. The molecule has 0 fully saturated rings. The van der Waals surface area contributed by atoms with Crippen molar-refractivity contribution in [2.45, 2.75) is 32.8 Å². The Morgan fingerprint density at radius 2 is 2.20 bits per heavy atom. The Balaban J connectivity index is 2.65. The molecule has 0 aliphatic carbocycles. The summed E-state index contributed by atoms with van der Waals surface area (Å²) in [5.74, 6) is 1.99. The summed E-state index contributed by atoms with van der Waals surface area (Å²) >= 11 is 0. The van der Waals surface area contributed by atoms with E-state index in [1.807, 2.05) is 0 Å². The molecular weight excluding hydrogens is 192 g/mol. The van der Waals surface area contributed by atoms with Crippen molar-refractivity contribution in [1.29, 1.82) is 0 Å². The molecule has 86 valence electrons. The van der Waals surface area contributed by atoms with Gasteiger partial charge < -0.3 is 10.5 Å². The SMILES string of the molecule is COC(c1n[nH]c(CCCN)n1)C(C)C. The van der Waals surface area contributed by atoms with Gasteiger partial charge in [0.1, 0.15) is 11.9 Å². The van der Waals surface area contributed by atoms with Crippen molar-refractivity contribution in [2.24, 2.45) is 11.7 Å². The molecule has 0 aliphatic rings. The smallest absolute Gasteiger partial charge is 0.179 e. The predicted molar refractivity (Wildman–Crippen MR) is 58.3 cm³/mol. The molecule has 0 amide bonds. The van der Waals surface area contributed by atoms with Gasteiger partial charge in [-0.25, -0.2) is 4.98 Å². The third-order valence-electron chi connectivity index (χ3n) is 2.28. The Morgan fingerprint density at radius 3 is 2.73 bits per heavy atom. The first-order valence-corrected chi connectivity index (χ1v) is 5.33. The molecule has 15 heavy (non-hydrogen) atoms. The molecule has 1 unspecified atom stereocenters. The third-order valence-corrected chi connectivity index (χ3v) is 2.28. The zero-order valence-electron chi connectivity index (χ0n) is 9.66. The van der Waals surface area contributed by atoms with Gasteiger partial charge in [-0.05, 0) is 18.9 Å². The molecular formula is C10H20N4O. The lowest BCUT2D eigenvalue weighted by Crippen LogP contribution is -2.10. The number of aromatic nitrogens is 3. The van der Waals surface area contributed by atoms with Crippen molar-refractivity contribution in [3.8, 4) is 0 Å². The Hall–Kier alpha value is -0.940. The van der Waals surface area contributed by atoms with Crippen molar-refractivity contribution in [1.82, 2.24) is 15.2 Å². The molecule has 3 N–H and O–H groups in total. The molecule has 0 saturated heterocycles. The van der Waals surface area contributed by atoms with Crippen LogP contribution in [0, 0.1) is 5.92 Å². The lowest BCUT2D eigenvalue weighted by atomic mass is 10.1. The van der Waals surface area contributed by atoms with Crippen LogP contribution in [0.4, 0.5) is 0 Å². The van der Waals surface area contributed by atoms with Crippen LogP contribution < -0.4 is 5.73 Å². The summed E-state index contributed by atoms with van der Waals surface area (Å²) in [6.45, 7) is 4.85. The van der Waals surface area contributed by atoms with E-state index in [9.17, 15) is 0 Å². The summed E-state index contributed by atoms with van der Waals surface area (Å²) in [5, 5.41) is 7.07. The number of H-pyrrole nitrogens is 1. The van der Waals surface area contributed by atoms with Crippen molar-refractivity contribution in [3.63, 3.8) is 0 Å². The van der Waals surface area contributed by atoms with Crippen LogP contribution >= 0.6 is 0 Å². The van der Waals surface area contributed by atoms with E-state index in [0.717, 1.165) is 24.5 Å². The Kier molecular flexibility index (Phi) is 4.71. The molecule has 0 spiro atoms. The highest BCUT2D eigenvalue weighted by Crippen LogP contribution is 2.21. The van der Waals surface area contributed by atoms with Gasteiger partial charge in [-0.2, -0.15) is 5.10 Å². The van der Waals surface area contributed by atoms with Crippen molar-refractivity contribution < 1.29 is 4.74 Å². The van der Waals surface area contributed by atoms with Gasteiger partial charge in [-0.15, -0.1) is 0 Å². The van der Waals surface area contributed by atoms with Gasteiger partial charge in [0, 0.05) is 13.5 Å². The summed E-state index contributed by atoms with van der Waals surface area (Å²) < 4.78 is 5.35. The van der Waals surface area contributed by atoms with Gasteiger partial charge in [0.25, 0.3) is 0 Å². The molecule has 1 rings (SSSR count). The lowest BCUT2D eigenvalue weighted by molar-refractivity contribution is 0.0577. The highest BCUT2D eigenvalue weighted by Gasteiger charge is 2.19. The number of hydrogen-bond donors (Lipinski definition) is 2. The standard InChI is InChI=1S/C10H20N4O/c1-7(2)9(15-3)10-12-8(13-14-10)5-4-6-11/h7,9H,4-6,11H2,1-3H3,(H,12,13,14). The van der Waals surface area contributed by atoms with Crippen LogP contribution in [0.2, 0.25) is 0 Å². The molecule has 0 aromatic carbocycles. The van der Waals surface area contributed by atoms with E-state index in [1.54, 1.807) is 7.11 Å². The van der Waals surface area contributed by atoms with E-state index < -0.39 is 0 Å². The summed E-state index contributed by atoms with van der Waals surface area (Å²) in [7, 11) is 1.68. The van der Waals surface area contributed by atoms with Crippen LogP contribution in [0.1, 0.15) is 38.0 Å². The maximum Gasteiger partial charge on any atom is 0.179 e. The van der Waals surface area contributed by atoms with Gasteiger partial charge in [0.2, 0.25) is 0 Å². The summed E-state index contributed by atoms with van der Waals surface area (Å²) in [6, 6.07) is 0. The summed E-state index contributed by atoms with van der Waals surface area (Å²) in [5.41, 5.74) is 5.43. The van der Waals surface area contributed by atoms with E-state index in [4.69, 9.17) is 10.5 Å². The average Bonchev–Trinajstić information content (AvgIpc) is 2.64. The maximum atomic E-state index is 5.43. The monoisotopic (exact) mass is 212 g/mol. The van der Waals surface area contributed by atoms with Gasteiger partial charge in [-0.1, -0.05) is 13.8 Å². The Labute approximate surface area is 90.4 Å². The van der Waals surface area contributed by atoms with Crippen LogP contribution in [-0.4, -0.2) is 28.8 Å². The topological polar surface area (TPSA) is 76.8 Å². The highest BCUT2D eigenvalue weighted by atomic mass is 16.5. The molecule has 1 atom stereocenters. The molecule has 0 aliphatic heterocycles. The number of methoxy groups -OCH3 is 1. The fourth-order valence-corrected chi connectivity index (χ4v) is 1.49. The van der Waals surface area contributed by atoms with E-state index in [0.29, 0.717) is 12.5 Å². The van der Waals surface area contributed by atoms with Crippen LogP contribution in [0.5, 0.6) is 0 Å². The Morgan fingerprint density at radius 1 is 1.47 bits per heavy atom. The van der Waals surface area contributed by atoms with Crippen LogP contribution in [0.25, 0.3) is 0 Å². The number of aromatic amines is 1. The molecule has 5 nitrogen and oxygen atoms in total. The largest absolute Gasteiger partial charge is 0.373 e. The first-order chi connectivity index (χ1) is 7.19. The minimum absolute atomic E-state index is 0.0344. The maximum absolute atomic E-state index is 5.43. The van der Waals surface area contributed by atoms with Crippen molar-refractivity contribution in [2.75, 3.05) is 13.7 Å². The van der Waals surface area contributed by atoms with Gasteiger partial charge in [0.15, 0.2) is 5.82 Å². The summed E-state index contributed by atoms with van der Waals surface area (Å²) in [6.07, 6.45) is 1.74. The number of nitrogens with two attached hydrogens (primary N) is 1. The van der Waals surface area contributed by atoms with E-state index >= 15 is 0 Å². The predicted octanol–water partition coefficient (Wildman–Crippen LogP) is 1.04. The fourth-order valence-electron chi connectivity index (χ4n) is 1.49. The average molecular weight is 212 g/mol. The Bertz CT molecular complexity index is 285. The third kappa shape index (κ3) is 3.28. The zero-order valence-corrected chi connectivity index (χ0v) is 9.66. The van der Waals surface area contributed by atoms with E-state index in [-0.39, 0.29) is 6.10 Å². The lowest BCUT2D eigenvalue weighted by Gasteiger charge is -2.14. The number of nitrogens with one attached hydrogen (secondary N) is 1. The molecule has 0 bridgehead atoms. The minimum atomic E-state index is -0.0344. The van der Waals surface area contributed by atoms with E-state index in [1.165, 1.54) is 0 Å². The normalized spacial score (nSPS) is 13.4. The molecule has 1 aromatic heterocycles. The van der Waals surface area contributed by atoms with Gasteiger partial charge in [-0.3, -0.25) is 5.10 Å². The van der Waals surface area contributed by atoms with Crippen LogP contribution in [-0.2, 0) is 11.2 Å². The molecule has 0 saturated carbocycles. The van der Waals surface area contributed by atoms with Gasteiger partial charge in [0.05, 0.1) is 0 Å². The van der Waals surface area contributed by atoms with Crippen molar-refractivity contribution >= 4 is 0 Å².